The molecule has 0 atom stereocenters. The predicted octanol–water partition coefficient (Wildman–Crippen LogP) is 0.0420. The van der Waals surface area contributed by atoms with E-state index in [0.29, 0.717) is 13.1 Å². The molecule has 0 N–H and O–H groups in total. The van der Waals surface area contributed by atoms with Crippen LogP contribution in [-0.4, -0.2) is 51.0 Å². The van der Waals surface area contributed by atoms with Crippen LogP contribution in [0.3, 0.4) is 0 Å². The first-order valence-electron chi connectivity index (χ1n) is 8.29. The van der Waals surface area contributed by atoms with Gasteiger partial charge in [-0.1, -0.05) is 30.3 Å². The molecule has 7 heteroatoms. The molecule has 1 aliphatic rings. The monoisotopic (exact) mass is 342 g/mol. The van der Waals surface area contributed by atoms with Gasteiger partial charge in [-0.25, -0.2) is 4.79 Å². The first kappa shape index (κ1) is 17.2. The first-order chi connectivity index (χ1) is 12.0. The molecule has 1 aromatic heterocycles. The number of amides is 1. The molecule has 0 bridgehead atoms. The fourth-order valence-electron chi connectivity index (χ4n) is 3.08. The zero-order valence-corrected chi connectivity index (χ0v) is 14.5. The predicted molar refractivity (Wildman–Crippen MR) is 94.5 cm³/mol. The highest BCUT2D eigenvalue weighted by Gasteiger charge is 2.25. The number of nitrogens with zero attached hydrogens (tertiary/aromatic N) is 4. The van der Waals surface area contributed by atoms with Crippen LogP contribution >= 0.6 is 0 Å². The molecule has 0 saturated carbocycles. The molecule has 0 spiro atoms. The second-order valence-electron chi connectivity index (χ2n) is 6.35. The molecular formula is C18H22N4O3. The Bertz CT molecular complexity index is 877. The van der Waals surface area contributed by atoms with Crippen molar-refractivity contribution in [3.05, 3.63) is 68.5 Å². The molecule has 2 aromatic rings. The van der Waals surface area contributed by atoms with Crippen molar-refractivity contribution < 1.29 is 4.79 Å². The summed E-state index contributed by atoms with van der Waals surface area (Å²) in [5.41, 5.74) is 0.310. The van der Waals surface area contributed by atoms with Crippen molar-refractivity contribution in [2.24, 2.45) is 14.1 Å². The van der Waals surface area contributed by atoms with E-state index < -0.39 is 11.2 Å². The number of carbonyl (C=O) groups is 1. The van der Waals surface area contributed by atoms with E-state index in [-0.39, 0.29) is 11.5 Å². The number of hydrogen-bond acceptors (Lipinski definition) is 4. The van der Waals surface area contributed by atoms with Gasteiger partial charge in [-0.2, -0.15) is 0 Å². The summed E-state index contributed by atoms with van der Waals surface area (Å²) in [5, 5.41) is 0. The largest absolute Gasteiger partial charge is 0.336 e. The second-order valence-corrected chi connectivity index (χ2v) is 6.35. The summed E-state index contributed by atoms with van der Waals surface area (Å²) in [6, 6.07) is 10.2. The fraction of sp³-hybridized carbons (Fsp3) is 0.389. The molecule has 2 heterocycles. The van der Waals surface area contributed by atoms with E-state index in [4.69, 9.17) is 0 Å². The van der Waals surface area contributed by atoms with E-state index in [1.807, 2.05) is 18.2 Å². The van der Waals surface area contributed by atoms with E-state index in [2.05, 4.69) is 17.0 Å². The van der Waals surface area contributed by atoms with E-state index in [9.17, 15) is 14.4 Å². The summed E-state index contributed by atoms with van der Waals surface area (Å²) in [4.78, 5) is 40.6. The highest BCUT2D eigenvalue weighted by molar-refractivity contribution is 5.93. The maximum absolute atomic E-state index is 12.7. The zero-order valence-electron chi connectivity index (χ0n) is 14.5. The van der Waals surface area contributed by atoms with Gasteiger partial charge in [0.1, 0.15) is 5.56 Å². The lowest BCUT2D eigenvalue weighted by atomic mass is 10.2. The lowest BCUT2D eigenvalue weighted by Crippen LogP contribution is -2.50. The van der Waals surface area contributed by atoms with Gasteiger partial charge in [0.25, 0.3) is 11.5 Å². The van der Waals surface area contributed by atoms with Crippen molar-refractivity contribution in [2.75, 3.05) is 26.2 Å². The maximum atomic E-state index is 12.7. The molecule has 3 rings (SSSR count). The van der Waals surface area contributed by atoms with Gasteiger partial charge in [0.15, 0.2) is 0 Å². The Morgan fingerprint density at radius 1 is 1.00 bits per heavy atom. The molecule has 1 aromatic carbocycles. The quantitative estimate of drug-likeness (QED) is 0.790. The van der Waals surface area contributed by atoms with Crippen LogP contribution < -0.4 is 11.2 Å². The Morgan fingerprint density at radius 2 is 1.64 bits per heavy atom. The fourth-order valence-corrected chi connectivity index (χ4v) is 3.08. The molecule has 1 fully saturated rings. The van der Waals surface area contributed by atoms with Crippen molar-refractivity contribution >= 4 is 5.91 Å². The van der Waals surface area contributed by atoms with Crippen LogP contribution in [0.1, 0.15) is 15.9 Å². The maximum Gasteiger partial charge on any atom is 0.330 e. The summed E-state index contributed by atoms with van der Waals surface area (Å²) in [7, 11) is 2.93. The number of benzene rings is 1. The van der Waals surface area contributed by atoms with Gasteiger partial charge in [-0.3, -0.25) is 19.1 Å². The van der Waals surface area contributed by atoms with Crippen LogP contribution in [0.15, 0.2) is 46.1 Å². The minimum atomic E-state index is -0.542. The first-order valence-corrected chi connectivity index (χ1v) is 8.29. The van der Waals surface area contributed by atoms with Gasteiger partial charge in [-0.15, -0.1) is 0 Å². The minimum Gasteiger partial charge on any atom is -0.336 e. The summed E-state index contributed by atoms with van der Waals surface area (Å²) in [6.07, 6.45) is 1.34. The Kier molecular flexibility index (Phi) is 4.85. The third-order valence-corrected chi connectivity index (χ3v) is 4.59. The Balaban J connectivity index is 1.68. The van der Waals surface area contributed by atoms with Crippen molar-refractivity contribution in [1.82, 2.24) is 18.9 Å². The smallest absolute Gasteiger partial charge is 0.330 e. The SMILES string of the molecule is Cn1cc(C(=O)N2CCN(Cc3ccccc3)CC2)c(=O)n(C)c1=O. The van der Waals surface area contributed by atoms with Gasteiger partial charge in [0, 0.05) is 53.0 Å². The summed E-state index contributed by atoms with van der Waals surface area (Å²) < 4.78 is 2.24. The topological polar surface area (TPSA) is 67.6 Å². The third-order valence-electron chi connectivity index (χ3n) is 4.59. The van der Waals surface area contributed by atoms with Crippen LogP contribution in [-0.2, 0) is 20.6 Å². The van der Waals surface area contributed by atoms with Gasteiger partial charge < -0.3 is 9.47 Å². The zero-order chi connectivity index (χ0) is 18.0. The van der Waals surface area contributed by atoms with Gasteiger partial charge in [-0.05, 0) is 5.56 Å². The summed E-state index contributed by atoms with van der Waals surface area (Å²) in [6.45, 7) is 3.50. The molecule has 0 unspecified atom stereocenters. The molecule has 0 radical (unpaired) electrons. The standard InChI is InChI=1S/C18H22N4O3/c1-19-13-15(16(23)20(2)18(19)25)17(24)22-10-8-21(9-11-22)12-14-6-4-3-5-7-14/h3-7,13H,8-12H2,1-2H3. The van der Waals surface area contributed by atoms with Gasteiger partial charge >= 0.3 is 5.69 Å². The van der Waals surface area contributed by atoms with Gasteiger partial charge in [0.05, 0.1) is 0 Å². The molecule has 0 aliphatic carbocycles. The van der Waals surface area contributed by atoms with E-state index in [1.54, 1.807) is 4.90 Å². The van der Waals surface area contributed by atoms with Crippen molar-refractivity contribution in [3.8, 4) is 0 Å². The van der Waals surface area contributed by atoms with Crippen molar-refractivity contribution in [1.29, 1.82) is 0 Å². The Labute approximate surface area is 145 Å². The highest BCUT2D eigenvalue weighted by Crippen LogP contribution is 2.10. The van der Waals surface area contributed by atoms with Crippen LogP contribution in [0.4, 0.5) is 0 Å². The van der Waals surface area contributed by atoms with Crippen LogP contribution in [0.2, 0.25) is 0 Å². The number of aryl methyl sites for hydroxylation is 1. The Hall–Kier alpha value is -2.67. The lowest BCUT2D eigenvalue weighted by Gasteiger charge is -2.34. The van der Waals surface area contributed by atoms with Crippen LogP contribution in [0, 0.1) is 0 Å². The molecular weight excluding hydrogens is 320 g/mol. The Morgan fingerprint density at radius 3 is 2.28 bits per heavy atom. The molecule has 1 saturated heterocycles. The van der Waals surface area contributed by atoms with Crippen molar-refractivity contribution in [2.45, 2.75) is 6.54 Å². The summed E-state index contributed by atoms with van der Waals surface area (Å²) >= 11 is 0. The second kappa shape index (κ2) is 7.06. The van der Waals surface area contributed by atoms with Crippen LogP contribution in [0.25, 0.3) is 0 Å². The van der Waals surface area contributed by atoms with E-state index >= 15 is 0 Å². The number of rotatable bonds is 3. The molecule has 1 amide bonds. The minimum absolute atomic E-state index is 0.0427. The molecule has 7 nitrogen and oxygen atoms in total. The average Bonchev–Trinajstić information content (AvgIpc) is 2.64. The number of piperazine rings is 1. The molecule has 1 aliphatic heterocycles. The van der Waals surface area contributed by atoms with Gasteiger partial charge in [0.2, 0.25) is 0 Å². The summed E-state index contributed by atoms with van der Waals surface area (Å²) in [5.74, 6) is -0.310. The van der Waals surface area contributed by atoms with Crippen molar-refractivity contribution in [3.63, 3.8) is 0 Å². The van der Waals surface area contributed by atoms with E-state index in [1.165, 1.54) is 30.4 Å². The normalized spacial score (nSPS) is 15.4. The average molecular weight is 342 g/mol. The van der Waals surface area contributed by atoms with E-state index in [0.717, 1.165) is 24.2 Å². The number of aromatic nitrogens is 2. The third kappa shape index (κ3) is 3.56. The highest BCUT2D eigenvalue weighted by atomic mass is 16.2. The van der Waals surface area contributed by atoms with Crippen LogP contribution in [0.5, 0.6) is 0 Å². The number of carbonyl (C=O) groups excluding carboxylic acids is 1. The molecule has 25 heavy (non-hydrogen) atoms. The number of hydrogen-bond donors (Lipinski definition) is 0. The lowest BCUT2D eigenvalue weighted by molar-refractivity contribution is 0.0625. The molecule has 132 valence electrons.